The molecule has 20 heavy (non-hydrogen) atoms. The highest BCUT2D eigenvalue weighted by molar-refractivity contribution is 5.09. The van der Waals surface area contributed by atoms with E-state index >= 15 is 0 Å². The Morgan fingerprint density at radius 1 is 1.15 bits per heavy atom. The number of hydrogen-bond donors (Lipinski definition) is 1. The molecular weight excluding hydrogens is 271 g/mol. The normalized spacial score (nSPS) is 13.2. The monoisotopic (exact) mass is 283 g/mol. The summed E-state index contributed by atoms with van der Waals surface area (Å²) in [7, 11) is 0. The predicted molar refractivity (Wildman–Crippen MR) is 64.3 cm³/mol. The molecule has 8 heteroatoms. The van der Waals surface area contributed by atoms with Crippen molar-refractivity contribution in [3.63, 3.8) is 0 Å². The minimum atomic E-state index is -4.47. The molecule has 1 unspecified atom stereocenters. The second-order valence-corrected chi connectivity index (χ2v) is 4.12. The molecule has 0 fully saturated rings. The molecule has 0 amide bonds. The molecule has 2 aromatic heterocycles. The van der Waals surface area contributed by atoms with Crippen LogP contribution < -0.4 is 5.32 Å². The molecule has 2 heterocycles. The summed E-state index contributed by atoms with van der Waals surface area (Å²) in [6, 6.07) is 3.77. The van der Waals surface area contributed by atoms with Gasteiger partial charge < -0.3 is 5.32 Å². The summed E-state index contributed by atoms with van der Waals surface area (Å²) in [6.45, 7) is 2.14. The first kappa shape index (κ1) is 14.3. The third-order valence-electron chi connectivity index (χ3n) is 2.57. The van der Waals surface area contributed by atoms with Crippen LogP contribution in [0.1, 0.15) is 30.2 Å². The Morgan fingerprint density at radius 3 is 2.40 bits per heavy atom. The minimum absolute atomic E-state index is 0.139. The molecule has 0 aliphatic carbocycles. The first-order chi connectivity index (χ1) is 9.47. The van der Waals surface area contributed by atoms with Crippen molar-refractivity contribution in [1.82, 2.24) is 25.5 Å². The van der Waals surface area contributed by atoms with Gasteiger partial charge in [0.15, 0.2) is 5.69 Å². The Balaban J connectivity index is 1.94. The first-order valence-electron chi connectivity index (χ1n) is 5.87. The summed E-state index contributed by atoms with van der Waals surface area (Å²) in [5.41, 5.74) is -0.582. The van der Waals surface area contributed by atoms with Gasteiger partial charge in [-0.3, -0.25) is 0 Å². The number of alkyl halides is 3. The predicted octanol–water partition coefficient (Wildman–Crippen LogP) is 2.14. The SMILES string of the molecule is CC(NCc1ccc(C(F)(F)F)nn1)c1ncccn1. The highest BCUT2D eigenvalue weighted by Gasteiger charge is 2.32. The molecule has 0 aliphatic heterocycles. The van der Waals surface area contributed by atoms with Gasteiger partial charge in [-0.05, 0) is 25.1 Å². The third-order valence-corrected chi connectivity index (χ3v) is 2.57. The van der Waals surface area contributed by atoms with Crippen LogP contribution in [0.5, 0.6) is 0 Å². The Labute approximate surface area is 113 Å². The van der Waals surface area contributed by atoms with Gasteiger partial charge >= 0.3 is 6.18 Å². The number of halogens is 3. The zero-order chi connectivity index (χ0) is 14.6. The second-order valence-electron chi connectivity index (χ2n) is 4.12. The van der Waals surface area contributed by atoms with E-state index in [9.17, 15) is 13.2 Å². The number of nitrogens with zero attached hydrogens (tertiary/aromatic N) is 4. The lowest BCUT2D eigenvalue weighted by Gasteiger charge is -2.11. The zero-order valence-electron chi connectivity index (χ0n) is 10.6. The van der Waals surface area contributed by atoms with E-state index in [2.05, 4.69) is 25.5 Å². The molecular formula is C12H12F3N5. The maximum atomic E-state index is 12.3. The lowest BCUT2D eigenvalue weighted by atomic mass is 10.3. The number of hydrogen-bond acceptors (Lipinski definition) is 5. The van der Waals surface area contributed by atoms with Crippen molar-refractivity contribution < 1.29 is 13.2 Å². The Hall–Kier alpha value is -2.09. The highest BCUT2D eigenvalue weighted by atomic mass is 19.4. The van der Waals surface area contributed by atoms with Crippen molar-refractivity contribution in [3.05, 3.63) is 47.8 Å². The van der Waals surface area contributed by atoms with Gasteiger partial charge in [-0.15, -0.1) is 5.10 Å². The average Bonchev–Trinajstić information content (AvgIpc) is 2.45. The Kier molecular flexibility index (Phi) is 4.23. The molecule has 0 radical (unpaired) electrons. The van der Waals surface area contributed by atoms with Crippen LogP contribution in [-0.4, -0.2) is 20.2 Å². The second kappa shape index (κ2) is 5.91. The van der Waals surface area contributed by atoms with Crippen molar-refractivity contribution in [3.8, 4) is 0 Å². The van der Waals surface area contributed by atoms with Crippen molar-refractivity contribution in [2.75, 3.05) is 0 Å². The van der Waals surface area contributed by atoms with Crippen LogP contribution in [0, 0.1) is 0 Å². The van der Waals surface area contributed by atoms with Gasteiger partial charge in [0.05, 0.1) is 11.7 Å². The summed E-state index contributed by atoms with van der Waals surface area (Å²) in [4.78, 5) is 8.16. The van der Waals surface area contributed by atoms with Gasteiger partial charge in [0.25, 0.3) is 0 Å². The Bertz CT molecular complexity index is 541. The van der Waals surface area contributed by atoms with Crippen LogP contribution >= 0.6 is 0 Å². The standard InChI is InChI=1S/C12H12F3N5/c1-8(11-16-5-2-6-17-11)18-7-9-3-4-10(20-19-9)12(13,14)15/h2-6,8,18H,7H2,1H3. The third kappa shape index (κ3) is 3.70. The maximum Gasteiger partial charge on any atom is 0.435 e. The lowest BCUT2D eigenvalue weighted by molar-refractivity contribution is -0.141. The van der Waals surface area contributed by atoms with Crippen molar-refractivity contribution >= 4 is 0 Å². The van der Waals surface area contributed by atoms with E-state index in [1.54, 1.807) is 18.5 Å². The van der Waals surface area contributed by atoms with E-state index in [0.717, 1.165) is 6.07 Å². The van der Waals surface area contributed by atoms with Crippen LogP contribution in [0.3, 0.4) is 0 Å². The summed E-state index contributed by atoms with van der Waals surface area (Å²) in [5.74, 6) is 0.604. The molecule has 0 aromatic carbocycles. The van der Waals surface area contributed by atoms with Gasteiger partial charge in [0.1, 0.15) is 5.82 Å². The number of nitrogens with one attached hydrogen (secondary N) is 1. The lowest BCUT2D eigenvalue weighted by Crippen LogP contribution is -2.21. The fourth-order valence-corrected chi connectivity index (χ4v) is 1.49. The van der Waals surface area contributed by atoms with Crippen LogP contribution in [0.15, 0.2) is 30.6 Å². The number of rotatable bonds is 4. The van der Waals surface area contributed by atoms with Crippen LogP contribution in [-0.2, 0) is 12.7 Å². The van der Waals surface area contributed by atoms with E-state index in [-0.39, 0.29) is 12.6 Å². The van der Waals surface area contributed by atoms with E-state index in [1.807, 2.05) is 6.92 Å². The molecule has 0 saturated heterocycles. The topological polar surface area (TPSA) is 63.6 Å². The molecule has 0 saturated carbocycles. The molecule has 2 rings (SSSR count). The molecule has 2 aromatic rings. The smallest absolute Gasteiger partial charge is 0.302 e. The summed E-state index contributed by atoms with van der Waals surface area (Å²) >= 11 is 0. The van der Waals surface area contributed by atoms with Gasteiger partial charge in [0.2, 0.25) is 0 Å². The van der Waals surface area contributed by atoms with Gasteiger partial charge in [-0.2, -0.15) is 18.3 Å². The largest absolute Gasteiger partial charge is 0.435 e. The molecule has 5 nitrogen and oxygen atoms in total. The molecule has 106 valence electrons. The van der Waals surface area contributed by atoms with Crippen LogP contribution in [0.4, 0.5) is 13.2 Å². The van der Waals surface area contributed by atoms with E-state index in [0.29, 0.717) is 11.5 Å². The molecule has 1 atom stereocenters. The van der Waals surface area contributed by atoms with Crippen LogP contribution in [0.2, 0.25) is 0 Å². The molecule has 0 bridgehead atoms. The van der Waals surface area contributed by atoms with Gasteiger partial charge in [0, 0.05) is 18.9 Å². The highest BCUT2D eigenvalue weighted by Crippen LogP contribution is 2.26. The zero-order valence-corrected chi connectivity index (χ0v) is 10.6. The molecule has 0 aliphatic rings. The Morgan fingerprint density at radius 2 is 1.85 bits per heavy atom. The summed E-state index contributed by atoms with van der Waals surface area (Å²) in [5, 5.41) is 9.76. The first-order valence-corrected chi connectivity index (χ1v) is 5.87. The van der Waals surface area contributed by atoms with Crippen molar-refractivity contribution in [2.45, 2.75) is 25.7 Å². The molecule has 1 N–H and O–H groups in total. The minimum Gasteiger partial charge on any atom is -0.302 e. The quantitative estimate of drug-likeness (QED) is 0.931. The van der Waals surface area contributed by atoms with Crippen LogP contribution in [0.25, 0.3) is 0 Å². The fraction of sp³-hybridized carbons (Fsp3) is 0.333. The average molecular weight is 283 g/mol. The summed E-state index contributed by atoms with van der Waals surface area (Å²) in [6.07, 6.45) is -1.22. The van der Waals surface area contributed by atoms with Gasteiger partial charge in [-0.1, -0.05) is 0 Å². The van der Waals surface area contributed by atoms with Crippen molar-refractivity contribution in [2.24, 2.45) is 0 Å². The number of aromatic nitrogens is 4. The van der Waals surface area contributed by atoms with Gasteiger partial charge in [-0.25, -0.2) is 9.97 Å². The van der Waals surface area contributed by atoms with E-state index in [1.165, 1.54) is 6.07 Å². The van der Waals surface area contributed by atoms with E-state index in [4.69, 9.17) is 0 Å². The van der Waals surface area contributed by atoms with Crippen molar-refractivity contribution in [1.29, 1.82) is 0 Å². The maximum absolute atomic E-state index is 12.3. The van der Waals surface area contributed by atoms with E-state index < -0.39 is 11.9 Å². The fourth-order valence-electron chi connectivity index (χ4n) is 1.49. The molecule has 0 spiro atoms. The summed E-state index contributed by atoms with van der Waals surface area (Å²) < 4.78 is 37.0.